The number of benzene rings is 1. The fourth-order valence-electron chi connectivity index (χ4n) is 4.70. The lowest BCUT2D eigenvalue weighted by Gasteiger charge is -2.34. The van der Waals surface area contributed by atoms with Gasteiger partial charge in [-0.15, -0.1) is 0 Å². The van der Waals surface area contributed by atoms with Crippen LogP contribution in [-0.4, -0.2) is 39.3 Å². The quantitative estimate of drug-likeness (QED) is 0.581. The number of rotatable bonds is 6. The van der Waals surface area contributed by atoms with Crippen LogP contribution in [0.25, 0.3) is 10.9 Å². The van der Waals surface area contributed by atoms with Crippen LogP contribution >= 0.6 is 0 Å². The van der Waals surface area contributed by atoms with E-state index in [0.29, 0.717) is 23.7 Å². The van der Waals surface area contributed by atoms with Gasteiger partial charge in [-0.3, -0.25) is 19.1 Å². The number of carbonyl (C=O) groups is 2. The Hall–Kier alpha value is -3.62. The molecule has 2 heterocycles. The molecule has 3 atom stereocenters. The van der Waals surface area contributed by atoms with Crippen LogP contribution < -0.4 is 20.9 Å². The summed E-state index contributed by atoms with van der Waals surface area (Å²) in [5.41, 5.74) is 0.981. The Morgan fingerprint density at radius 3 is 2.76 bits per heavy atom. The molecule has 0 saturated heterocycles. The second-order valence-electron chi connectivity index (χ2n) is 8.99. The molecule has 0 bridgehead atoms. The van der Waals surface area contributed by atoms with Gasteiger partial charge in [0.25, 0.3) is 11.5 Å². The largest absolute Gasteiger partial charge is 0.496 e. The molecule has 1 saturated carbocycles. The molecular formula is C25H31N5O4. The number of amides is 2. The Labute approximate surface area is 198 Å². The average molecular weight is 466 g/mol. The zero-order chi connectivity index (χ0) is 24.4. The third kappa shape index (κ3) is 4.69. The first-order valence-corrected chi connectivity index (χ1v) is 11.6. The van der Waals surface area contributed by atoms with E-state index in [-0.39, 0.29) is 29.2 Å². The van der Waals surface area contributed by atoms with Crippen LogP contribution in [0.4, 0.5) is 5.69 Å². The fourth-order valence-corrected chi connectivity index (χ4v) is 4.70. The van der Waals surface area contributed by atoms with Gasteiger partial charge in [0, 0.05) is 43.4 Å². The maximum absolute atomic E-state index is 13.0. The van der Waals surface area contributed by atoms with E-state index in [1.165, 1.54) is 11.7 Å². The molecular weight excluding hydrogens is 434 g/mol. The molecule has 9 nitrogen and oxygen atoms in total. The van der Waals surface area contributed by atoms with Crippen molar-refractivity contribution in [1.29, 1.82) is 0 Å². The van der Waals surface area contributed by atoms with Gasteiger partial charge in [0.05, 0.1) is 24.2 Å². The highest BCUT2D eigenvalue weighted by atomic mass is 16.5. The number of aromatic nitrogens is 3. The first kappa shape index (κ1) is 23.5. The molecule has 0 aliphatic heterocycles. The molecule has 180 valence electrons. The van der Waals surface area contributed by atoms with E-state index in [9.17, 15) is 14.4 Å². The summed E-state index contributed by atoms with van der Waals surface area (Å²) in [5.74, 6) is 0.397. The van der Waals surface area contributed by atoms with Crippen molar-refractivity contribution in [1.82, 2.24) is 19.7 Å². The van der Waals surface area contributed by atoms with Crippen molar-refractivity contribution < 1.29 is 14.3 Å². The molecule has 9 heteroatoms. The smallest absolute Gasteiger partial charge is 0.274 e. The molecule has 34 heavy (non-hydrogen) atoms. The first-order valence-electron chi connectivity index (χ1n) is 11.6. The molecule has 4 rings (SSSR count). The second-order valence-corrected chi connectivity index (χ2v) is 8.99. The number of ether oxygens (including phenoxy) is 1. The van der Waals surface area contributed by atoms with Gasteiger partial charge in [-0.25, -0.2) is 0 Å². The van der Waals surface area contributed by atoms with Crippen LogP contribution in [0, 0.1) is 5.92 Å². The fraction of sp³-hybridized carbons (Fsp3) is 0.440. The summed E-state index contributed by atoms with van der Waals surface area (Å²) in [6.45, 7) is 4.04. The standard InChI is InChI=1S/C25H31N5O4/c1-5-23(31)26-17-8-9-21(15(2)11-17)30-14-16-12-18(22(34-4)13-20(16)28-30)24(32)27-19-7-6-10-29(3)25(19)33/h6-7,10,12-15,17,21H,5,8-9,11H2,1-4H3,(H,26,31)(H,27,32)/t15-,17-,21+/m0/s1. The number of anilines is 1. The Balaban J connectivity index is 1.58. The maximum Gasteiger partial charge on any atom is 0.274 e. The maximum atomic E-state index is 13.0. The predicted octanol–water partition coefficient (Wildman–Crippen LogP) is 3.25. The van der Waals surface area contributed by atoms with Crippen molar-refractivity contribution in [2.75, 3.05) is 12.4 Å². The molecule has 0 unspecified atom stereocenters. The van der Waals surface area contributed by atoms with Crippen molar-refractivity contribution >= 4 is 28.4 Å². The number of carbonyl (C=O) groups excluding carboxylic acids is 2. The van der Waals surface area contributed by atoms with Gasteiger partial charge in [0.1, 0.15) is 11.4 Å². The Kier molecular flexibility index (Phi) is 6.72. The zero-order valence-corrected chi connectivity index (χ0v) is 20.0. The summed E-state index contributed by atoms with van der Waals surface area (Å²) in [5, 5.41) is 11.4. The molecule has 1 fully saturated rings. The van der Waals surface area contributed by atoms with Crippen molar-refractivity contribution in [2.45, 2.75) is 51.6 Å². The van der Waals surface area contributed by atoms with Crippen molar-refractivity contribution in [3.63, 3.8) is 0 Å². The average Bonchev–Trinajstić information content (AvgIpc) is 3.23. The lowest BCUT2D eigenvalue weighted by atomic mass is 9.82. The van der Waals surface area contributed by atoms with Crippen molar-refractivity contribution in [3.8, 4) is 5.75 Å². The molecule has 1 aliphatic carbocycles. The summed E-state index contributed by atoms with van der Waals surface area (Å²) < 4.78 is 8.85. The van der Waals surface area contributed by atoms with E-state index in [1.54, 1.807) is 37.5 Å². The predicted molar refractivity (Wildman–Crippen MR) is 130 cm³/mol. The van der Waals surface area contributed by atoms with E-state index in [2.05, 4.69) is 17.6 Å². The summed E-state index contributed by atoms with van der Waals surface area (Å²) >= 11 is 0. The number of fused-ring (bicyclic) bond motifs is 1. The zero-order valence-electron chi connectivity index (χ0n) is 20.0. The van der Waals surface area contributed by atoms with E-state index < -0.39 is 5.91 Å². The van der Waals surface area contributed by atoms with Crippen LogP contribution in [0.3, 0.4) is 0 Å². The Morgan fingerprint density at radius 2 is 2.06 bits per heavy atom. The minimum atomic E-state index is -0.421. The third-order valence-corrected chi connectivity index (χ3v) is 6.61. The topological polar surface area (TPSA) is 107 Å². The van der Waals surface area contributed by atoms with Gasteiger partial charge < -0.3 is 19.9 Å². The SMILES string of the molecule is CCC(=O)N[C@H]1CC[C@@H](n2cc3cc(C(=O)Nc4cccn(C)c4=O)c(OC)cc3n2)[C@@H](C)C1. The highest BCUT2D eigenvalue weighted by Crippen LogP contribution is 2.35. The highest BCUT2D eigenvalue weighted by Gasteiger charge is 2.30. The summed E-state index contributed by atoms with van der Waals surface area (Å²) in [7, 11) is 3.13. The van der Waals surface area contributed by atoms with Gasteiger partial charge in [-0.1, -0.05) is 13.8 Å². The lowest BCUT2D eigenvalue weighted by molar-refractivity contribution is -0.121. The Morgan fingerprint density at radius 1 is 1.26 bits per heavy atom. The van der Waals surface area contributed by atoms with E-state index in [1.807, 2.05) is 17.8 Å². The van der Waals surface area contributed by atoms with E-state index in [4.69, 9.17) is 9.84 Å². The molecule has 0 radical (unpaired) electrons. The van der Waals surface area contributed by atoms with Gasteiger partial charge >= 0.3 is 0 Å². The molecule has 2 amide bonds. The molecule has 3 aromatic rings. The summed E-state index contributed by atoms with van der Waals surface area (Å²) in [6, 6.07) is 7.18. The van der Waals surface area contributed by atoms with Crippen molar-refractivity contribution in [3.05, 3.63) is 52.6 Å². The van der Waals surface area contributed by atoms with Gasteiger partial charge in [0.2, 0.25) is 5.91 Å². The number of pyridine rings is 1. The number of hydrogen-bond acceptors (Lipinski definition) is 5. The van der Waals surface area contributed by atoms with Crippen LogP contribution in [0.15, 0.2) is 41.5 Å². The minimum Gasteiger partial charge on any atom is -0.496 e. The van der Waals surface area contributed by atoms with Gasteiger partial charge in [-0.05, 0) is 43.4 Å². The molecule has 2 aromatic heterocycles. The Bertz CT molecular complexity index is 1280. The monoisotopic (exact) mass is 465 g/mol. The van der Waals surface area contributed by atoms with Gasteiger partial charge in [-0.2, -0.15) is 5.10 Å². The lowest BCUT2D eigenvalue weighted by Crippen LogP contribution is -2.40. The number of aryl methyl sites for hydroxylation is 1. The molecule has 2 N–H and O–H groups in total. The first-order chi connectivity index (χ1) is 16.3. The number of nitrogens with zero attached hydrogens (tertiary/aromatic N) is 3. The van der Waals surface area contributed by atoms with Crippen LogP contribution in [0.1, 0.15) is 55.9 Å². The minimum absolute atomic E-state index is 0.0896. The van der Waals surface area contributed by atoms with Gasteiger partial charge in [0.15, 0.2) is 0 Å². The van der Waals surface area contributed by atoms with E-state index >= 15 is 0 Å². The van der Waals surface area contributed by atoms with E-state index in [0.717, 1.165) is 30.2 Å². The van der Waals surface area contributed by atoms with Crippen molar-refractivity contribution in [2.24, 2.45) is 13.0 Å². The number of hydrogen-bond donors (Lipinski definition) is 2. The normalized spacial score (nSPS) is 20.2. The number of methoxy groups -OCH3 is 1. The number of nitrogens with one attached hydrogen (secondary N) is 2. The molecule has 0 spiro atoms. The summed E-state index contributed by atoms with van der Waals surface area (Å²) in [6.07, 6.45) is 6.79. The molecule has 1 aliphatic rings. The van der Waals surface area contributed by atoms with Crippen LogP contribution in [0.5, 0.6) is 5.75 Å². The van der Waals surface area contributed by atoms with Crippen LogP contribution in [0.2, 0.25) is 0 Å². The third-order valence-electron chi connectivity index (χ3n) is 6.61. The second kappa shape index (κ2) is 9.70. The molecule has 1 aromatic carbocycles. The van der Waals surface area contributed by atoms with Crippen LogP contribution in [-0.2, 0) is 11.8 Å². The summed E-state index contributed by atoms with van der Waals surface area (Å²) in [4.78, 5) is 37.1. The highest BCUT2D eigenvalue weighted by molar-refractivity contribution is 6.08.